The number of aliphatic hydroxyl groups is 1. The van der Waals surface area contributed by atoms with Gasteiger partial charge in [-0.1, -0.05) is 12.1 Å². The first kappa shape index (κ1) is 26.6. The highest BCUT2D eigenvalue weighted by Crippen LogP contribution is 2.24. The fourth-order valence-electron chi connectivity index (χ4n) is 5.18. The van der Waals surface area contributed by atoms with Crippen LogP contribution < -0.4 is 10.6 Å². The van der Waals surface area contributed by atoms with Crippen molar-refractivity contribution >= 4 is 11.7 Å². The van der Waals surface area contributed by atoms with Gasteiger partial charge in [0.15, 0.2) is 0 Å². The van der Waals surface area contributed by atoms with Crippen LogP contribution in [0.4, 0.5) is 14.9 Å². The van der Waals surface area contributed by atoms with Crippen LogP contribution in [0.15, 0.2) is 79.4 Å². The van der Waals surface area contributed by atoms with Gasteiger partial charge in [-0.2, -0.15) is 10.2 Å². The van der Waals surface area contributed by atoms with E-state index in [1.165, 1.54) is 12.1 Å². The largest absolute Gasteiger partial charge is 0.378 e. The van der Waals surface area contributed by atoms with Crippen molar-refractivity contribution in [3.8, 4) is 11.4 Å². The molecule has 5 rings (SSSR count). The molecule has 0 saturated carbocycles. The van der Waals surface area contributed by atoms with E-state index in [4.69, 9.17) is 0 Å². The molecule has 2 aromatic heterocycles. The number of hydrogen-bond acceptors (Lipinski definition) is 5. The zero-order valence-electron chi connectivity index (χ0n) is 21.9. The summed E-state index contributed by atoms with van der Waals surface area (Å²) in [5.74, 6) is 0.172. The molecule has 10 heteroatoms. The third-order valence-electron chi connectivity index (χ3n) is 7.05. The summed E-state index contributed by atoms with van der Waals surface area (Å²) < 4.78 is 16.7. The summed E-state index contributed by atoms with van der Waals surface area (Å²) in [5, 5.41) is 25.4. The molecule has 0 radical (unpaired) electrons. The summed E-state index contributed by atoms with van der Waals surface area (Å²) >= 11 is 0. The van der Waals surface area contributed by atoms with Gasteiger partial charge in [0.2, 0.25) is 0 Å². The van der Waals surface area contributed by atoms with E-state index in [1.54, 1.807) is 21.8 Å². The first-order valence-electron chi connectivity index (χ1n) is 13.3. The number of urea groups is 1. The molecular weight excluding hydrogens is 497 g/mol. The Hall–Kier alpha value is -4.02. The van der Waals surface area contributed by atoms with Gasteiger partial charge in [-0.25, -0.2) is 18.5 Å². The Morgan fingerprint density at radius 1 is 1.08 bits per heavy atom. The number of aromatic nitrogens is 4. The van der Waals surface area contributed by atoms with Crippen molar-refractivity contribution in [2.45, 2.75) is 44.9 Å². The predicted molar refractivity (Wildman–Crippen MR) is 147 cm³/mol. The second kappa shape index (κ2) is 12.2. The smallest absolute Gasteiger partial charge is 0.319 e. The van der Waals surface area contributed by atoms with Gasteiger partial charge in [0.05, 0.1) is 11.4 Å². The van der Waals surface area contributed by atoms with E-state index in [1.807, 2.05) is 61.8 Å². The van der Waals surface area contributed by atoms with Gasteiger partial charge in [-0.3, -0.25) is 4.90 Å². The molecule has 2 amide bonds. The zero-order chi connectivity index (χ0) is 27.2. The quantitative estimate of drug-likeness (QED) is 0.298. The number of hydrogen-bond donors (Lipinski definition) is 3. The predicted octanol–water partition coefficient (Wildman–Crippen LogP) is 4.37. The van der Waals surface area contributed by atoms with Crippen molar-refractivity contribution in [1.29, 1.82) is 0 Å². The molecule has 39 heavy (non-hydrogen) atoms. The Morgan fingerprint density at radius 2 is 1.74 bits per heavy atom. The highest BCUT2D eigenvalue weighted by Gasteiger charge is 2.26. The number of carbonyl (C=O) groups excluding carboxylic acids is 1. The standard InChI is InChI=1S/C29H34FN7O2/c1-21(15-28(38)35-12-2-5-23(20-35)16-22-6-8-24(30)9-7-22)33-29(39)34-25-17-26(36-13-3-10-31-36)19-27(18-25)37-14-4-11-32-37/h3-4,6-11,13-14,17-19,21,23,28,38H,2,5,12,15-16,20H2,1H3,(H2,33,34,39)/t21-,23+,28-/m1/s1. The summed E-state index contributed by atoms with van der Waals surface area (Å²) in [4.78, 5) is 14.9. The molecule has 1 aliphatic rings. The maximum atomic E-state index is 13.2. The molecule has 1 saturated heterocycles. The van der Waals surface area contributed by atoms with Crippen molar-refractivity contribution in [2.24, 2.45) is 5.92 Å². The Morgan fingerprint density at radius 3 is 2.36 bits per heavy atom. The molecule has 0 aliphatic carbocycles. The fraction of sp³-hybridized carbons (Fsp3) is 0.345. The van der Waals surface area contributed by atoms with Crippen LogP contribution >= 0.6 is 0 Å². The lowest BCUT2D eigenvalue weighted by atomic mass is 9.91. The van der Waals surface area contributed by atoms with E-state index < -0.39 is 6.23 Å². The number of amides is 2. The molecule has 1 fully saturated rings. The molecule has 204 valence electrons. The number of aliphatic hydroxyl groups excluding tert-OH is 1. The van der Waals surface area contributed by atoms with Gasteiger partial charge in [-0.15, -0.1) is 0 Å². The lowest BCUT2D eigenvalue weighted by molar-refractivity contribution is -0.0306. The van der Waals surface area contributed by atoms with Crippen molar-refractivity contribution in [1.82, 2.24) is 29.8 Å². The number of likely N-dealkylation sites (tertiary alicyclic amines) is 1. The number of nitrogens with zero attached hydrogens (tertiary/aromatic N) is 5. The lowest BCUT2D eigenvalue weighted by Gasteiger charge is -2.37. The van der Waals surface area contributed by atoms with E-state index in [9.17, 15) is 14.3 Å². The SMILES string of the molecule is C[C@H](C[C@@H](O)N1CCC[C@@H](Cc2ccc(F)cc2)C1)NC(=O)Nc1cc(-n2cccn2)cc(-n2cccn2)c1. The normalized spacial score (nSPS) is 17.5. The molecule has 3 atom stereocenters. The molecule has 0 spiro atoms. The number of rotatable bonds is 9. The third kappa shape index (κ3) is 7.10. The van der Waals surface area contributed by atoms with Gasteiger partial charge in [0, 0.05) is 56.0 Å². The number of benzene rings is 2. The zero-order valence-corrected chi connectivity index (χ0v) is 21.9. The molecule has 0 bridgehead atoms. The van der Waals surface area contributed by atoms with Gasteiger partial charge < -0.3 is 15.7 Å². The van der Waals surface area contributed by atoms with Crippen molar-refractivity contribution in [3.05, 3.63) is 90.8 Å². The molecule has 4 aromatic rings. The monoisotopic (exact) mass is 531 g/mol. The summed E-state index contributed by atoms with van der Waals surface area (Å²) in [6.45, 7) is 3.47. The summed E-state index contributed by atoms with van der Waals surface area (Å²) in [7, 11) is 0. The first-order chi connectivity index (χ1) is 18.9. The molecule has 2 aromatic carbocycles. The van der Waals surface area contributed by atoms with E-state index in [2.05, 4.69) is 25.7 Å². The van der Waals surface area contributed by atoms with Crippen LogP contribution in [0.25, 0.3) is 11.4 Å². The number of nitrogens with one attached hydrogen (secondary N) is 2. The Bertz CT molecular complexity index is 1290. The van der Waals surface area contributed by atoms with Crippen molar-refractivity contribution in [3.63, 3.8) is 0 Å². The Labute approximate surface area is 227 Å². The molecule has 3 N–H and O–H groups in total. The van der Waals surface area contributed by atoms with Crippen LogP contribution in [-0.2, 0) is 6.42 Å². The van der Waals surface area contributed by atoms with Crippen LogP contribution in [0.5, 0.6) is 0 Å². The second-order valence-corrected chi connectivity index (χ2v) is 10.2. The van der Waals surface area contributed by atoms with E-state index in [0.717, 1.165) is 49.3 Å². The maximum Gasteiger partial charge on any atom is 0.319 e. The van der Waals surface area contributed by atoms with Crippen LogP contribution in [0.3, 0.4) is 0 Å². The maximum absolute atomic E-state index is 13.2. The van der Waals surface area contributed by atoms with E-state index in [-0.39, 0.29) is 17.9 Å². The summed E-state index contributed by atoms with van der Waals surface area (Å²) in [5.41, 5.74) is 3.27. The molecule has 1 aliphatic heterocycles. The van der Waals surface area contributed by atoms with Gasteiger partial charge in [0.25, 0.3) is 0 Å². The van der Waals surface area contributed by atoms with Crippen molar-refractivity contribution in [2.75, 3.05) is 18.4 Å². The van der Waals surface area contributed by atoms with Crippen LogP contribution in [-0.4, -0.2) is 61.0 Å². The second-order valence-electron chi connectivity index (χ2n) is 10.2. The topological polar surface area (TPSA) is 100 Å². The lowest BCUT2D eigenvalue weighted by Crippen LogP contribution is -2.47. The molecule has 0 unspecified atom stereocenters. The van der Waals surface area contributed by atoms with Gasteiger partial charge in [-0.05, 0) is 80.1 Å². The van der Waals surface area contributed by atoms with Crippen LogP contribution in [0, 0.1) is 11.7 Å². The highest BCUT2D eigenvalue weighted by molar-refractivity contribution is 5.90. The minimum absolute atomic E-state index is 0.228. The summed E-state index contributed by atoms with van der Waals surface area (Å²) in [6.07, 6.45) is 9.74. The Balaban J connectivity index is 1.16. The summed E-state index contributed by atoms with van der Waals surface area (Å²) in [6, 6.07) is 15.3. The minimum atomic E-state index is -0.661. The molecule has 3 heterocycles. The van der Waals surface area contributed by atoms with Crippen LogP contribution in [0.2, 0.25) is 0 Å². The third-order valence-corrected chi connectivity index (χ3v) is 7.05. The van der Waals surface area contributed by atoms with E-state index >= 15 is 0 Å². The first-order valence-corrected chi connectivity index (χ1v) is 13.3. The number of anilines is 1. The average Bonchev–Trinajstić information content (AvgIpc) is 3.65. The minimum Gasteiger partial charge on any atom is -0.378 e. The molecular formula is C29H34FN7O2. The van der Waals surface area contributed by atoms with Gasteiger partial charge >= 0.3 is 6.03 Å². The van der Waals surface area contributed by atoms with Gasteiger partial charge in [0.1, 0.15) is 12.0 Å². The number of piperidine rings is 1. The fourth-order valence-corrected chi connectivity index (χ4v) is 5.18. The highest BCUT2D eigenvalue weighted by atomic mass is 19.1. The number of halogens is 1. The Kier molecular flexibility index (Phi) is 8.33. The van der Waals surface area contributed by atoms with Crippen molar-refractivity contribution < 1.29 is 14.3 Å². The van der Waals surface area contributed by atoms with Crippen LogP contribution in [0.1, 0.15) is 31.7 Å². The average molecular weight is 532 g/mol. The molecule has 9 nitrogen and oxygen atoms in total. The number of carbonyl (C=O) groups is 1. The van der Waals surface area contributed by atoms with E-state index in [0.29, 0.717) is 18.0 Å².